The van der Waals surface area contributed by atoms with Gasteiger partial charge in [-0.2, -0.15) is 0 Å². The molecule has 0 saturated heterocycles. The van der Waals surface area contributed by atoms with E-state index in [9.17, 15) is 4.79 Å². The highest BCUT2D eigenvalue weighted by Gasteiger charge is 2.48. The van der Waals surface area contributed by atoms with Gasteiger partial charge in [0.15, 0.2) is 0 Å². The van der Waals surface area contributed by atoms with E-state index in [0.717, 1.165) is 24.7 Å². The maximum absolute atomic E-state index is 12.4. The zero-order valence-corrected chi connectivity index (χ0v) is 11.5. The molecular weight excluding hydrogens is 232 g/mol. The maximum atomic E-state index is 12.4. The van der Waals surface area contributed by atoms with Crippen LogP contribution < -0.4 is 5.73 Å². The number of fused-ring (bicyclic) bond motifs is 1. The first-order valence-electron chi connectivity index (χ1n) is 6.57. The van der Waals surface area contributed by atoms with Gasteiger partial charge in [-0.15, -0.1) is 0 Å². The summed E-state index contributed by atoms with van der Waals surface area (Å²) in [7, 11) is 0. The summed E-state index contributed by atoms with van der Waals surface area (Å²) in [5.74, 6) is 2.30. The van der Waals surface area contributed by atoms with Gasteiger partial charge in [-0.25, -0.2) is 0 Å². The van der Waals surface area contributed by atoms with Crippen LogP contribution in [0.3, 0.4) is 0 Å². The highest BCUT2D eigenvalue weighted by molar-refractivity contribution is 7.80. The molecule has 2 unspecified atom stereocenters. The fourth-order valence-corrected chi connectivity index (χ4v) is 3.10. The van der Waals surface area contributed by atoms with E-state index in [0.29, 0.717) is 23.9 Å². The Morgan fingerprint density at radius 3 is 2.41 bits per heavy atom. The largest absolute Gasteiger partial charge is 0.393 e. The minimum atomic E-state index is 0.244. The number of rotatable bonds is 5. The van der Waals surface area contributed by atoms with E-state index in [1.54, 1.807) is 0 Å². The number of carbonyl (C=O) groups excluding carboxylic acids is 1. The molecule has 2 rings (SSSR count). The second-order valence-electron chi connectivity index (χ2n) is 5.77. The number of thiocarbonyl (C=S) groups is 1. The van der Waals surface area contributed by atoms with E-state index in [2.05, 4.69) is 13.8 Å². The molecule has 0 aliphatic heterocycles. The van der Waals surface area contributed by atoms with E-state index in [4.69, 9.17) is 18.0 Å². The van der Waals surface area contributed by atoms with Crippen LogP contribution in [0.5, 0.6) is 0 Å². The second-order valence-corrected chi connectivity index (χ2v) is 6.29. The molecule has 4 heteroatoms. The highest BCUT2D eigenvalue weighted by atomic mass is 32.1. The van der Waals surface area contributed by atoms with Crippen molar-refractivity contribution in [3.63, 3.8) is 0 Å². The van der Waals surface area contributed by atoms with Crippen LogP contribution in [0.25, 0.3) is 0 Å². The number of amides is 1. The molecule has 2 atom stereocenters. The number of nitrogens with two attached hydrogens (primary N) is 1. The van der Waals surface area contributed by atoms with Crippen molar-refractivity contribution in [1.82, 2.24) is 4.90 Å². The third-order valence-corrected chi connectivity index (χ3v) is 4.30. The SMILES string of the molecule is CC(C)N(CCC(N)=S)C(=O)C1CC2CC2C1. The Labute approximate surface area is 109 Å². The fraction of sp³-hybridized carbons (Fsp3) is 0.846. The van der Waals surface area contributed by atoms with Crippen LogP contribution in [0.15, 0.2) is 0 Å². The molecule has 0 spiro atoms. The Balaban J connectivity index is 1.90. The molecule has 3 nitrogen and oxygen atoms in total. The fourth-order valence-electron chi connectivity index (χ4n) is 3.00. The Kier molecular flexibility index (Phi) is 3.71. The molecule has 0 aromatic heterocycles. The quantitative estimate of drug-likeness (QED) is 0.763. The topological polar surface area (TPSA) is 46.3 Å². The summed E-state index contributed by atoms with van der Waals surface area (Å²) in [6.07, 6.45) is 4.22. The van der Waals surface area contributed by atoms with Crippen molar-refractivity contribution < 1.29 is 4.79 Å². The van der Waals surface area contributed by atoms with Gasteiger partial charge in [0.2, 0.25) is 5.91 Å². The molecule has 17 heavy (non-hydrogen) atoms. The molecule has 2 aliphatic rings. The Morgan fingerprint density at radius 2 is 1.94 bits per heavy atom. The van der Waals surface area contributed by atoms with Crippen LogP contribution in [0.2, 0.25) is 0 Å². The van der Waals surface area contributed by atoms with Gasteiger partial charge in [0.05, 0.1) is 4.99 Å². The lowest BCUT2D eigenvalue weighted by molar-refractivity contribution is -0.137. The predicted molar refractivity (Wildman–Crippen MR) is 72.6 cm³/mol. The molecule has 2 fully saturated rings. The Hall–Kier alpha value is -0.640. The number of hydrogen-bond acceptors (Lipinski definition) is 2. The lowest BCUT2D eigenvalue weighted by atomic mass is 10.0. The second kappa shape index (κ2) is 4.92. The normalized spacial score (nSPS) is 30.2. The summed E-state index contributed by atoms with van der Waals surface area (Å²) in [6, 6.07) is 0.244. The van der Waals surface area contributed by atoms with Crippen LogP contribution in [-0.2, 0) is 4.79 Å². The summed E-state index contributed by atoms with van der Waals surface area (Å²) < 4.78 is 0. The van der Waals surface area contributed by atoms with Gasteiger partial charge >= 0.3 is 0 Å². The van der Waals surface area contributed by atoms with Crippen molar-refractivity contribution in [2.75, 3.05) is 6.54 Å². The molecular formula is C13H22N2OS. The molecule has 0 radical (unpaired) electrons. The minimum Gasteiger partial charge on any atom is -0.393 e. The number of nitrogens with zero attached hydrogens (tertiary/aromatic N) is 1. The van der Waals surface area contributed by atoms with Crippen LogP contribution in [-0.4, -0.2) is 28.4 Å². The minimum absolute atomic E-state index is 0.244. The first-order valence-corrected chi connectivity index (χ1v) is 6.98. The lowest BCUT2D eigenvalue weighted by Gasteiger charge is -2.29. The van der Waals surface area contributed by atoms with E-state index in [1.165, 1.54) is 6.42 Å². The molecule has 0 bridgehead atoms. The first kappa shape index (κ1) is 12.8. The lowest BCUT2D eigenvalue weighted by Crippen LogP contribution is -2.42. The summed E-state index contributed by atoms with van der Waals surface area (Å²) in [4.78, 5) is 14.9. The molecule has 2 aliphatic carbocycles. The zero-order chi connectivity index (χ0) is 12.6. The van der Waals surface area contributed by atoms with Crippen molar-refractivity contribution in [1.29, 1.82) is 0 Å². The van der Waals surface area contributed by atoms with Gasteiger partial charge in [0.25, 0.3) is 0 Å². The van der Waals surface area contributed by atoms with E-state index >= 15 is 0 Å². The van der Waals surface area contributed by atoms with Gasteiger partial charge in [-0.1, -0.05) is 12.2 Å². The molecule has 2 N–H and O–H groups in total. The third kappa shape index (κ3) is 2.97. The van der Waals surface area contributed by atoms with Crippen molar-refractivity contribution in [3.05, 3.63) is 0 Å². The molecule has 96 valence electrons. The van der Waals surface area contributed by atoms with Gasteiger partial charge in [-0.3, -0.25) is 4.79 Å². The van der Waals surface area contributed by atoms with Crippen molar-refractivity contribution >= 4 is 23.1 Å². The van der Waals surface area contributed by atoms with Crippen LogP contribution >= 0.6 is 12.2 Å². The van der Waals surface area contributed by atoms with Gasteiger partial charge < -0.3 is 10.6 Å². The maximum Gasteiger partial charge on any atom is 0.225 e. The number of hydrogen-bond donors (Lipinski definition) is 1. The summed E-state index contributed by atoms with van der Waals surface area (Å²) in [5, 5.41) is 0. The van der Waals surface area contributed by atoms with Crippen LogP contribution in [0, 0.1) is 17.8 Å². The monoisotopic (exact) mass is 254 g/mol. The number of carbonyl (C=O) groups is 1. The van der Waals surface area contributed by atoms with E-state index < -0.39 is 0 Å². The molecule has 0 heterocycles. The predicted octanol–water partition coefficient (Wildman–Crippen LogP) is 1.95. The summed E-state index contributed by atoms with van der Waals surface area (Å²) >= 11 is 4.89. The summed E-state index contributed by atoms with van der Waals surface area (Å²) in [5.41, 5.74) is 5.52. The van der Waals surface area contributed by atoms with E-state index in [-0.39, 0.29) is 12.0 Å². The van der Waals surface area contributed by atoms with Gasteiger partial charge in [0, 0.05) is 24.9 Å². The summed E-state index contributed by atoms with van der Waals surface area (Å²) in [6.45, 7) is 4.80. The molecule has 1 amide bonds. The van der Waals surface area contributed by atoms with Crippen molar-refractivity contribution in [2.24, 2.45) is 23.5 Å². The van der Waals surface area contributed by atoms with Gasteiger partial charge in [0.1, 0.15) is 0 Å². The first-order chi connectivity index (χ1) is 7.99. The van der Waals surface area contributed by atoms with Gasteiger partial charge in [-0.05, 0) is 44.9 Å². The average molecular weight is 254 g/mol. The Bertz CT molecular complexity index is 319. The third-order valence-electron chi connectivity index (χ3n) is 4.10. The average Bonchev–Trinajstić information content (AvgIpc) is 2.84. The standard InChI is InChI=1S/C13H22N2OS/c1-8(2)15(4-3-12(14)17)13(16)11-6-9-5-10(9)7-11/h8-11H,3-7H2,1-2H3,(H2,14,17). The zero-order valence-electron chi connectivity index (χ0n) is 10.7. The van der Waals surface area contributed by atoms with Crippen LogP contribution in [0.1, 0.15) is 39.5 Å². The molecule has 0 aromatic carbocycles. The molecule has 0 aromatic rings. The molecule has 2 saturated carbocycles. The smallest absolute Gasteiger partial charge is 0.225 e. The van der Waals surface area contributed by atoms with E-state index in [1.807, 2.05) is 4.90 Å². The van der Waals surface area contributed by atoms with Crippen LogP contribution in [0.4, 0.5) is 0 Å². The van der Waals surface area contributed by atoms with Crippen molar-refractivity contribution in [3.8, 4) is 0 Å². The van der Waals surface area contributed by atoms with Crippen molar-refractivity contribution in [2.45, 2.75) is 45.6 Å². The Morgan fingerprint density at radius 1 is 1.35 bits per heavy atom. The highest BCUT2D eigenvalue weighted by Crippen LogP contribution is 2.54.